The molecule has 1 atom stereocenters. The molecule has 1 saturated carbocycles. The Kier molecular flexibility index (Phi) is 5.66. The van der Waals surface area contributed by atoms with Crippen molar-refractivity contribution in [1.82, 2.24) is 15.2 Å². The van der Waals surface area contributed by atoms with Crippen LogP contribution in [-0.4, -0.2) is 40.8 Å². The molecule has 1 saturated heterocycles. The third kappa shape index (κ3) is 4.04. The van der Waals surface area contributed by atoms with E-state index in [1.165, 1.54) is 19.3 Å². The maximum Gasteiger partial charge on any atom is 0.256 e. The minimum absolute atomic E-state index is 0.0768. The van der Waals surface area contributed by atoms with Crippen LogP contribution in [0.2, 0.25) is 0 Å². The molecule has 2 heterocycles. The number of carbonyl (C=O) groups is 2. The lowest BCUT2D eigenvalue weighted by Gasteiger charge is -2.33. The quantitative estimate of drug-likeness (QED) is 0.826. The highest BCUT2D eigenvalue weighted by Crippen LogP contribution is 2.21. The van der Waals surface area contributed by atoms with Crippen LogP contribution < -0.4 is 5.32 Å². The number of nitrogens with zero attached hydrogens (tertiary/aromatic N) is 1. The zero-order valence-corrected chi connectivity index (χ0v) is 14.7. The van der Waals surface area contributed by atoms with Crippen LogP contribution in [0.25, 0.3) is 0 Å². The lowest BCUT2D eigenvalue weighted by molar-refractivity contribution is -0.127. The summed E-state index contributed by atoms with van der Waals surface area (Å²) in [6.07, 6.45) is 9.27. The summed E-state index contributed by atoms with van der Waals surface area (Å²) < 4.78 is 0.455. The number of aromatic nitrogens is 1. The lowest BCUT2D eigenvalue weighted by atomic mass is 9.93. The summed E-state index contributed by atoms with van der Waals surface area (Å²) in [6, 6.07) is 3.84. The molecule has 2 N–H and O–H groups in total. The van der Waals surface area contributed by atoms with E-state index < -0.39 is 0 Å². The topological polar surface area (TPSA) is 65.2 Å². The van der Waals surface area contributed by atoms with Gasteiger partial charge in [0.2, 0.25) is 5.91 Å². The number of likely N-dealkylation sites (tertiary alicyclic amines) is 1. The van der Waals surface area contributed by atoms with E-state index in [0.29, 0.717) is 29.3 Å². The monoisotopic (exact) mass is 347 g/mol. The summed E-state index contributed by atoms with van der Waals surface area (Å²) in [5.41, 5.74) is 0.515. The molecule has 1 aliphatic carbocycles. The fraction of sp³-hybridized carbons (Fsp3) is 0.611. The molecule has 0 bridgehead atoms. The van der Waals surface area contributed by atoms with Gasteiger partial charge in [0, 0.05) is 25.3 Å². The van der Waals surface area contributed by atoms with E-state index in [2.05, 4.69) is 10.3 Å². The molecule has 0 spiro atoms. The van der Waals surface area contributed by atoms with Gasteiger partial charge < -0.3 is 15.2 Å². The zero-order chi connectivity index (χ0) is 16.9. The molecule has 0 aromatic carbocycles. The molecule has 6 heteroatoms. The molecule has 1 aromatic heterocycles. The molecule has 0 unspecified atom stereocenters. The van der Waals surface area contributed by atoms with Gasteiger partial charge in [-0.15, -0.1) is 0 Å². The Morgan fingerprint density at radius 1 is 1.17 bits per heavy atom. The summed E-state index contributed by atoms with van der Waals surface area (Å²) in [5, 5.41) is 3.20. The predicted molar refractivity (Wildman–Crippen MR) is 95.3 cm³/mol. The van der Waals surface area contributed by atoms with Gasteiger partial charge in [-0.2, -0.15) is 0 Å². The first-order chi connectivity index (χ1) is 11.6. The number of aromatic amines is 1. The van der Waals surface area contributed by atoms with Gasteiger partial charge in [-0.1, -0.05) is 31.5 Å². The number of hydrogen-bond donors (Lipinski definition) is 2. The second-order valence-electron chi connectivity index (χ2n) is 6.85. The highest BCUT2D eigenvalue weighted by atomic mass is 32.1. The first-order valence-corrected chi connectivity index (χ1v) is 9.33. The van der Waals surface area contributed by atoms with Gasteiger partial charge in [-0.25, -0.2) is 0 Å². The highest BCUT2D eigenvalue weighted by molar-refractivity contribution is 7.71. The fourth-order valence-corrected chi connectivity index (χ4v) is 3.93. The number of H-pyrrole nitrogens is 1. The minimum Gasteiger partial charge on any atom is -0.353 e. The predicted octanol–water partition coefficient (Wildman–Crippen LogP) is 3.05. The maximum absolute atomic E-state index is 12.7. The Balaban J connectivity index is 1.61. The number of pyridine rings is 1. The molecular weight excluding hydrogens is 322 g/mol. The van der Waals surface area contributed by atoms with Gasteiger partial charge >= 0.3 is 0 Å². The van der Waals surface area contributed by atoms with Crippen molar-refractivity contribution in [2.24, 2.45) is 5.92 Å². The molecule has 2 fully saturated rings. The first kappa shape index (κ1) is 17.1. The maximum atomic E-state index is 12.7. The zero-order valence-electron chi connectivity index (χ0n) is 13.9. The van der Waals surface area contributed by atoms with Gasteiger partial charge in [0.15, 0.2) is 0 Å². The molecule has 3 rings (SSSR count). The van der Waals surface area contributed by atoms with Crippen LogP contribution in [0, 0.1) is 10.6 Å². The van der Waals surface area contributed by atoms with Gasteiger partial charge in [-0.05, 0) is 37.8 Å². The normalized spacial score (nSPS) is 22.2. The van der Waals surface area contributed by atoms with Crippen LogP contribution in [0.15, 0.2) is 18.3 Å². The van der Waals surface area contributed by atoms with Crippen molar-refractivity contribution in [3.05, 3.63) is 28.5 Å². The van der Waals surface area contributed by atoms with Crippen LogP contribution in [-0.2, 0) is 4.79 Å². The molecule has 2 amide bonds. The van der Waals surface area contributed by atoms with Crippen LogP contribution in [0.3, 0.4) is 0 Å². The standard InChI is InChI=1S/C18H25N3O2S/c22-16(20-14-7-2-1-3-8-14)13-6-5-11-21(12-13)18(23)15-9-4-10-19-17(15)24/h4,9-10,13-14H,1-3,5-8,11-12H2,(H,19,24)(H,20,22)/t13-/m0/s1. The summed E-state index contributed by atoms with van der Waals surface area (Å²) >= 11 is 5.20. The van der Waals surface area contributed by atoms with Crippen LogP contribution in [0.5, 0.6) is 0 Å². The Morgan fingerprint density at radius 2 is 1.96 bits per heavy atom. The summed E-state index contributed by atoms with van der Waals surface area (Å²) in [4.78, 5) is 29.9. The van der Waals surface area contributed by atoms with E-state index in [9.17, 15) is 9.59 Å². The van der Waals surface area contributed by atoms with E-state index in [4.69, 9.17) is 12.2 Å². The summed E-state index contributed by atoms with van der Waals surface area (Å²) in [6.45, 7) is 1.18. The van der Waals surface area contributed by atoms with Crippen molar-refractivity contribution in [1.29, 1.82) is 0 Å². The van der Waals surface area contributed by atoms with Crippen LogP contribution >= 0.6 is 12.2 Å². The minimum atomic E-state index is -0.106. The number of piperidine rings is 1. The molecule has 2 aliphatic rings. The Hall–Kier alpha value is -1.69. The number of nitrogens with one attached hydrogen (secondary N) is 2. The van der Waals surface area contributed by atoms with Crippen molar-refractivity contribution < 1.29 is 9.59 Å². The van der Waals surface area contributed by atoms with Crippen molar-refractivity contribution in [3.8, 4) is 0 Å². The van der Waals surface area contributed by atoms with Crippen LogP contribution in [0.4, 0.5) is 0 Å². The third-order valence-electron chi connectivity index (χ3n) is 5.08. The summed E-state index contributed by atoms with van der Waals surface area (Å²) in [5.74, 6) is -0.0736. The van der Waals surface area contributed by atoms with Gasteiger partial charge in [0.25, 0.3) is 5.91 Å². The van der Waals surface area contributed by atoms with E-state index in [1.54, 1.807) is 23.2 Å². The second kappa shape index (κ2) is 7.92. The number of amides is 2. The van der Waals surface area contributed by atoms with E-state index in [0.717, 1.165) is 25.7 Å². The van der Waals surface area contributed by atoms with E-state index >= 15 is 0 Å². The first-order valence-electron chi connectivity index (χ1n) is 8.92. The molecule has 1 aromatic rings. The van der Waals surface area contributed by atoms with Gasteiger partial charge in [-0.3, -0.25) is 9.59 Å². The molecule has 130 valence electrons. The fourth-order valence-electron chi connectivity index (χ4n) is 3.70. The lowest BCUT2D eigenvalue weighted by Crippen LogP contribution is -2.48. The Morgan fingerprint density at radius 3 is 2.71 bits per heavy atom. The highest BCUT2D eigenvalue weighted by Gasteiger charge is 2.30. The largest absolute Gasteiger partial charge is 0.353 e. The third-order valence-corrected chi connectivity index (χ3v) is 5.42. The Bertz CT molecular complexity index is 652. The van der Waals surface area contributed by atoms with Gasteiger partial charge in [0.1, 0.15) is 4.64 Å². The second-order valence-corrected chi connectivity index (χ2v) is 7.26. The SMILES string of the molecule is O=C(NC1CCCCC1)[C@H]1CCCN(C(=O)c2ccc[nH]c2=S)C1. The van der Waals surface area contributed by atoms with E-state index in [1.807, 2.05) is 0 Å². The molecule has 5 nitrogen and oxygen atoms in total. The van der Waals surface area contributed by atoms with Crippen LogP contribution in [0.1, 0.15) is 55.3 Å². The molecule has 1 aliphatic heterocycles. The smallest absolute Gasteiger partial charge is 0.256 e. The number of hydrogen-bond acceptors (Lipinski definition) is 3. The molecule has 24 heavy (non-hydrogen) atoms. The van der Waals surface area contributed by atoms with E-state index in [-0.39, 0.29) is 17.7 Å². The summed E-state index contributed by atoms with van der Waals surface area (Å²) in [7, 11) is 0. The average Bonchev–Trinajstić information content (AvgIpc) is 2.62. The number of rotatable bonds is 3. The van der Waals surface area contributed by atoms with Crippen molar-refractivity contribution in [3.63, 3.8) is 0 Å². The van der Waals surface area contributed by atoms with Gasteiger partial charge in [0.05, 0.1) is 11.5 Å². The van der Waals surface area contributed by atoms with Crippen molar-refractivity contribution in [2.75, 3.05) is 13.1 Å². The number of carbonyl (C=O) groups excluding carboxylic acids is 2. The average molecular weight is 347 g/mol. The Labute approximate surface area is 147 Å². The van der Waals surface area contributed by atoms with Crippen molar-refractivity contribution in [2.45, 2.75) is 51.0 Å². The molecule has 0 radical (unpaired) electrons. The molecular formula is C18H25N3O2S. The van der Waals surface area contributed by atoms with Crippen molar-refractivity contribution >= 4 is 24.0 Å².